The maximum atomic E-state index is 12.7. The zero-order valence-corrected chi connectivity index (χ0v) is 22.1. The number of nitrogens with one attached hydrogen (secondary N) is 1. The average Bonchev–Trinajstić information content (AvgIpc) is 2.77. The molecule has 10 heteroatoms. The van der Waals surface area contributed by atoms with Crippen molar-refractivity contribution in [3.63, 3.8) is 0 Å². The van der Waals surface area contributed by atoms with E-state index >= 15 is 0 Å². The lowest BCUT2D eigenvalue weighted by molar-refractivity contribution is -0.125. The van der Waals surface area contributed by atoms with Gasteiger partial charge in [0, 0.05) is 51.6 Å². The quantitative estimate of drug-likeness (QED) is 0.407. The van der Waals surface area contributed by atoms with E-state index in [4.69, 9.17) is 23.2 Å². The molecular weight excluding hydrogens is 555 g/mol. The van der Waals surface area contributed by atoms with Gasteiger partial charge in [-0.2, -0.15) is 11.8 Å². The van der Waals surface area contributed by atoms with Gasteiger partial charge in [-0.15, -0.1) is 0 Å². The van der Waals surface area contributed by atoms with Crippen molar-refractivity contribution in [1.82, 2.24) is 9.62 Å². The van der Waals surface area contributed by atoms with Crippen molar-refractivity contribution in [1.29, 1.82) is 0 Å². The standard InChI is InChI=1S/C22H25BrCl2N2O3S2/c23-18-6-4-16(5-7-18)15-32(29,30)27-11-8-17(9-12-27)22(28)26-10-13-31-14-19-20(24)2-1-3-21(19)25/h1-7,17H,8-15H2,(H,26,28). The van der Waals surface area contributed by atoms with Crippen molar-refractivity contribution in [2.24, 2.45) is 5.92 Å². The number of carbonyl (C=O) groups is 1. The number of halogens is 3. The van der Waals surface area contributed by atoms with E-state index in [2.05, 4.69) is 21.2 Å². The fourth-order valence-electron chi connectivity index (χ4n) is 3.51. The number of hydrogen-bond acceptors (Lipinski definition) is 4. The minimum atomic E-state index is -3.39. The van der Waals surface area contributed by atoms with Crippen molar-refractivity contribution in [3.05, 3.63) is 68.1 Å². The molecule has 0 saturated carbocycles. The topological polar surface area (TPSA) is 66.5 Å². The number of benzene rings is 2. The Labute approximate surface area is 212 Å². The van der Waals surface area contributed by atoms with Crippen LogP contribution in [0, 0.1) is 5.92 Å². The predicted octanol–water partition coefficient (Wildman–Crippen LogP) is 5.35. The van der Waals surface area contributed by atoms with Gasteiger partial charge in [-0.25, -0.2) is 12.7 Å². The molecule has 0 aliphatic carbocycles. The van der Waals surface area contributed by atoms with E-state index in [-0.39, 0.29) is 17.6 Å². The van der Waals surface area contributed by atoms with Gasteiger partial charge in [-0.05, 0) is 48.2 Å². The maximum Gasteiger partial charge on any atom is 0.223 e. The minimum Gasteiger partial charge on any atom is -0.355 e. The summed E-state index contributed by atoms with van der Waals surface area (Å²) in [5.41, 5.74) is 1.66. The maximum absolute atomic E-state index is 12.7. The molecule has 0 bridgehead atoms. The third kappa shape index (κ3) is 7.37. The van der Waals surface area contributed by atoms with Crippen molar-refractivity contribution < 1.29 is 13.2 Å². The number of piperidine rings is 1. The molecule has 32 heavy (non-hydrogen) atoms. The van der Waals surface area contributed by atoms with Crippen LogP contribution in [-0.4, -0.2) is 44.0 Å². The Morgan fingerprint density at radius 3 is 2.34 bits per heavy atom. The monoisotopic (exact) mass is 578 g/mol. The number of sulfonamides is 1. The second kappa shape index (κ2) is 12.1. The number of nitrogens with zero attached hydrogens (tertiary/aromatic N) is 1. The third-order valence-corrected chi connectivity index (χ3v) is 9.41. The first-order valence-electron chi connectivity index (χ1n) is 10.3. The first kappa shape index (κ1) is 25.8. The molecule has 1 aliphatic rings. The molecule has 1 heterocycles. The van der Waals surface area contributed by atoms with Gasteiger partial charge in [-0.3, -0.25) is 4.79 Å². The highest BCUT2D eigenvalue weighted by atomic mass is 79.9. The molecular formula is C22H25BrCl2N2O3S2. The first-order chi connectivity index (χ1) is 15.3. The molecule has 1 aliphatic heterocycles. The summed E-state index contributed by atoms with van der Waals surface area (Å²) in [6, 6.07) is 12.7. The molecule has 0 spiro atoms. The van der Waals surface area contributed by atoms with Crippen LogP contribution in [0.2, 0.25) is 10.0 Å². The van der Waals surface area contributed by atoms with Crippen molar-refractivity contribution in [2.75, 3.05) is 25.4 Å². The Kier molecular flexibility index (Phi) is 9.76. The number of carbonyl (C=O) groups excluding carboxylic acids is 1. The van der Waals surface area contributed by atoms with E-state index in [1.807, 2.05) is 30.3 Å². The lowest BCUT2D eigenvalue weighted by Crippen LogP contribution is -2.43. The van der Waals surface area contributed by atoms with Crippen LogP contribution in [0.5, 0.6) is 0 Å². The fourth-order valence-corrected chi connectivity index (χ4v) is 6.94. The molecule has 2 aromatic carbocycles. The predicted molar refractivity (Wildman–Crippen MR) is 137 cm³/mol. The molecule has 3 rings (SSSR count). The number of hydrogen-bond donors (Lipinski definition) is 1. The summed E-state index contributed by atoms with van der Waals surface area (Å²) in [6.45, 7) is 1.29. The van der Waals surface area contributed by atoms with Gasteiger partial charge >= 0.3 is 0 Å². The molecule has 0 radical (unpaired) electrons. The van der Waals surface area contributed by atoms with E-state index in [0.717, 1.165) is 21.4 Å². The van der Waals surface area contributed by atoms with Crippen LogP contribution in [0.15, 0.2) is 46.9 Å². The van der Waals surface area contributed by atoms with E-state index in [9.17, 15) is 13.2 Å². The van der Waals surface area contributed by atoms with Crippen LogP contribution in [0.1, 0.15) is 24.0 Å². The molecule has 1 amide bonds. The Morgan fingerprint density at radius 2 is 1.72 bits per heavy atom. The summed E-state index contributed by atoms with van der Waals surface area (Å²) >= 11 is 17.4. The Morgan fingerprint density at radius 1 is 1.09 bits per heavy atom. The fraction of sp³-hybridized carbons (Fsp3) is 0.409. The SMILES string of the molecule is O=C(NCCSCc1c(Cl)cccc1Cl)C1CCN(S(=O)(=O)Cc2ccc(Br)cc2)CC1. The van der Waals surface area contributed by atoms with Gasteiger partial charge in [0.15, 0.2) is 0 Å². The normalized spacial score (nSPS) is 15.6. The molecule has 1 saturated heterocycles. The van der Waals surface area contributed by atoms with Crippen LogP contribution in [0.3, 0.4) is 0 Å². The molecule has 2 aromatic rings. The highest BCUT2D eigenvalue weighted by molar-refractivity contribution is 9.10. The van der Waals surface area contributed by atoms with Crippen LogP contribution >= 0.6 is 50.9 Å². The Bertz CT molecular complexity index is 1010. The van der Waals surface area contributed by atoms with Crippen LogP contribution < -0.4 is 5.32 Å². The van der Waals surface area contributed by atoms with Gasteiger partial charge in [0.2, 0.25) is 15.9 Å². The van der Waals surface area contributed by atoms with Crippen molar-refractivity contribution >= 4 is 66.8 Å². The molecule has 5 nitrogen and oxygen atoms in total. The number of rotatable bonds is 9. The lowest BCUT2D eigenvalue weighted by Gasteiger charge is -2.30. The van der Waals surface area contributed by atoms with Gasteiger partial charge in [0.25, 0.3) is 0 Å². The molecule has 0 unspecified atom stereocenters. The average molecular weight is 580 g/mol. The summed E-state index contributed by atoms with van der Waals surface area (Å²) < 4.78 is 27.9. The van der Waals surface area contributed by atoms with Gasteiger partial charge in [0.05, 0.1) is 5.75 Å². The zero-order chi connectivity index (χ0) is 23.1. The smallest absolute Gasteiger partial charge is 0.223 e. The third-order valence-electron chi connectivity index (χ3n) is 5.33. The van der Waals surface area contributed by atoms with Crippen LogP contribution in [0.25, 0.3) is 0 Å². The summed E-state index contributed by atoms with van der Waals surface area (Å²) in [5, 5.41) is 4.27. The van der Waals surface area contributed by atoms with Gasteiger partial charge in [-0.1, -0.05) is 57.3 Å². The second-order valence-electron chi connectivity index (χ2n) is 7.60. The number of amides is 1. The Balaban J connectivity index is 1.38. The largest absolute Gasteiger partial charge is 0.355 e. The molecule has 174 valence electrons. The van der Waals surface area contributed by atoms with Crippen molar-refractivity contribution in [2.45, 2.75) is 24.3 Å². The van der Waals surface area contributed by atoms with E-state index < -0.39 is 10.0 Å². The number of thioether (sulfide) groups is 1. The van der Waals surface area contributed by atoms with E-state index in [1.165, 1.54) is 4.31 Å². The van der Waals surface area contributed by atoms with E-state index in [1.54, 1.807) is 23.9 Å². The highest BCUT2D eigenvalue weighted by Gasteiger charge is 2.31. The highest BCUT2D eigenvalue weighted by Crippen LogP contribution is 2.28. The molecule has 1 N–H and O–H groups in total. The zero-order valence-electron chi connectivity index (χ0n) is 17.4. The molecule has 1 fully saturated rings. The van der Waals surface area contributed by atoms with Gasteiger partial charge < -0.3 is 5.32 Å². The lowest BCUT2D eigenvalue weighted by atomic mass is 9.97. The minimum absolute atomic E-state index is 0.00802. The summed E-state index contributed by atoms with van der Waals surface area (Å²) in [7, 11) is -3.39. The van der Waals surface area contributed by atoms with Gasteiger partial charge in [0.1, 0.15) is 0 Å². The van der Waals surface area contributed by atoms with Crippen molar-refractivity contribution in [3.8, 4) is 0 Å². The summed E-state index contributed by atoms with van der Waals surface area (Å²) in [5.74, 6) is 1.24. The summed E-state index contributed by atoms with van der Waals surface area (Å²) in [4.78, 5) is 12.5. The van der Waals surface area contributed by atoms with E-state index in [0.29, 0.717) is 48.3 Å². The Hall–Kier alpha value is -0.770. The summed E-state index contributed by atoms with van der Waals surface area (Å²) in [6.07, 6.45) is 1.07. The molecule has 0 atom stereocenters. The van der Waals surface area contributed by atoms with Crippen LogP contribution in [-0.2, 0) is 26.3 Å². The second-order valence-corrected chi connectivity index (χ2v) is 12.4. The first-order valence-corrected chi connectivity index (χ1v) is 14.6. The molecule has 0 aromatic heterocycles. The van der Waals surface area contributed by atoms with Crippen LogP contribution in [0.4, 0.5) is 0 Å².